The van der Waals surface area contributed by atoms with E-state index in [0.29, 0.717) is 11.1 Å². The van der Waals surface area contributed by atoms with Gasteiger partial charge in [-0.2, -0.15) is 0 Å². The van der Waals surface area contributed by atoms with E-state index in [1.165, 1.54) is 4.57 Å². The van der Waals surface area contributed by atoms with Gasteiger partial charge in [-0.25, -0.2) is 4.79 Å². The summed E-state index contributed by atoms with van der Waals surface area (Å²) in [6, 6.07) is 8.87. The fraction of sp³-hybridized carbons (Fsp3) is 0.125. The molecule has 0 amide bonds. The average molecular weight is 147 g/mol. The molecule has 0 aliphatic heterocycles. The van der Waals surface area contributed by atoms with Gasteiger partial charge < -0.3 is 4.42 Å². The van der Waals surface area contributed by atoms with Gasteiger partial charge in [0.05, 0.1) is 0 Å². The highest BCUT2D eigenvalue weighted by Crippen LogP contribution is 2.05. The Kier molecular flexibility index (Phi) is 1.04. The zero-order valence-electron chi connectivity index (χ0n) is 5.92. The van der Waals surface area contributed by atoms with Crippen molar-refractivity contribution in [1.29, 1.82) is 0 Å². The number of oxazole rings is 1. The SMILES string of the molecule is Cn1c(=O)oc2ccc#cc21. The molecule has 11 heavy (non-hydrogen) atoms. The summed E-state index contributed by atoms with van der Waals surface area (Å²) >= 11 is 0. The standard InChI is InChI=1S/C8H5NO2/c1-9-6-4-2-3-5-7(6)11-8(9)10/h3,5H,1H3. The maximum atomic E-state index is 10.9. The molecule has 3 nitrogen and oxygen atoms in total. The van der Waals surface area contributed by atoms with E-state index >= 15 is 0 Å². The van der Waals surface area contributed by atoms with Crippen molar-refractivity contribution in [3.8, 4) is 0 Å². The quantitative estimate of drug-likeness (QED) is 0.550. The molecule has 0 spiro atoms. The predicted molar refractivity (Wildman–Crippen MR) is 39.1 cm³/mol. The lowest BCUT2D eigenvalue weighted by Gasteiger charge is -1.82. The Labute approximate surface area is 62.9 Å². The molecule has 3 heteroatoms. The Balaban J connectivity index is 3.04. The fourth-order valence-electron chi connectivity index (χ4n) is 0.953. The van der Waals surface area contributed by atoms with Crippen LogP contribution in [0.5, 0.6) is 0 Å². The molecule has 0 radical (unpaired) electrons. The minimum Gasteiger partial charge on any atom is -0.407 e. The molecule has 0 saturated carbocycles. The highest BCUT2D eigenvalue weighted by Gasteiger charge is 2.01. The van der Waals surface area contributed by atoms with Crippen molar-refractivity contribution in [3.63, 3.8) is 0 Å². The number of hydrogen-bond acceptors (Lipinski definition) is 2. The van der Waals surface area contributed by atoms with Crippen LogP contribution in [0.15, 0.2) is 21.3 Å². The van der Waals surface area contributed by atoms with E-state index in [1.807, 2.05) is 0 Å². The zero-order chi connectivity index (χ0) is 7.84. The molecular formula is C8H5NO2. The van der Waals surface area contributed by atoms with Crippen molar-refractivity contribution < 1.29 is 4.42 Å². The van der Waals surface area contributed by atoms with Gasteiger partial charge >= 0.3 is 5.76 Å². The van der Waals surface area contributed by atoms with Gasteiger partial charge in [-0.3, -0.25) is 4.57 Å². The first-order valence-electron chi connectivity index (χ1n) is 3.17. The van der Waals surface area contributed by atoms with Crippen molar-refractivity contribution in [2.45, 2.75) is 0 Å². The van der Waals surface area contributed by atoms with Crippen LogP contribution >= 0.6 is 0 Å². The normalized spacial score (nSPS) is 9.91. The third-order valence-electron chi connectivity index (χ3n) is 1.55. The van der Waals surface area contributed by atoms with E-state index in [2.05, 4.69) is 12.1 Å². The second kappa shape index (κ2) is 1.89. The van der Waals surface area contributed by atoms with Crippen LogP contribution in [-0.4, -0.2) is 4.57 Å². The van der Waals surface area contributed by atoms with Gasteiger partial charge in [0.15, 0.2) is 5.58 Å². The van der Waals surface area contributed by atoms with E-state index < -0.39 is 0 Å². The number of aryl methyl sites for hydroxylation is 1. The summed E-state index contributed by atoms with van der Waals surface area (Å²) in [5, 5.41) is 0. The summed E-state index contributed by atoms with van der Waals surface area (Å²) in [5.74, 6) is -0.365. The van der Waals surface area contributed by atoms with Crippen LogP contribution < -0.4 is 5.76 Å². The van der Waals surface area contributed by atoms with Crippen LogP contribution in [-0.2, 0) is 7.05 Å². The molecule has 0 fully saturated rings. The number of aromatic nitrogens is 1. The Morgan fingerprint density at radius 2 is 2.45 bits per heavy atom. The van der Waals surface area contributed by atoms with E-state index in [1.54, 1.807) is 19.2 Å². The Morgan fingerprint density at radius 1 is 1.64 bits per heavy atom. The first-order chi connectivity index (χ1) is 5.29. The maximum Gasteiger partial charge on any atom is 0.420 e. The van der Waals surface area contributed by atoms with Crippen LogP contribution in [0.3, 0.4) is 0 Å². The van der Waals surface area contributed by atoms with Crippen molar-refractivity contribution in [2.75, 3.05) is 0 Å². The van der Waals surface area contributed by atoms with Crippen molar-refractivity contribution in [3.05, 3.63) is 34.8 Å². The molecule has 2 rings (SSSR count). The topological polar surface area (TPSA) is 35.1 Å². The summed E-state index contributed by atoms with van der Waals surface area (Å²) in [4.78, 5) is 10.9. The molecule has 1 heterocycles. The van der Waals surface area contributed by atoms with Gasteiger partial charge in [-0.15, -0.1) is 0 Å². The van der Waals surface area contributed by atoms with Crippen molar-refractivity contribution >= 4 is 11.1 Å². The molecular weight excluding hydrogens is 142 g/mol. The second-order valence-corrected chi connectivity index (χ2v) is 2.24. The van der Waals surface area contributed by atoms with E-state index in [0.717, 1.165) is 0 Å². The lowest BCUT2D eigenvalue weighted by molar-refractivity contribution is 0.528. The molecule has 1 aromatic heterocycles. The minimum absolute atomic E-state index is 0.365. The molecule has 0 unspecified atom stereocenters. The smallest absolute Gasteiger partial charge is 0.407 e. The fourth-order valence-corrected chi connectivity index (χ4v) is 0.953. The van der Waals surface area contributed by atoms with Gasteiger partial charge in [0, 0.05) is 7.05 Å². The molecule has 0 N–H and O–H groups in total. The molecule has 1 aromatic carbocycles. The largest absolute Gasteiger partial charge is 0.420 e. The Morgan fingerprint density at radius 3 is 3.18 bits per heavy atom. The van der Waals surface area contributed by atoms with Gasteiger partial charge in [-0.1, -0.05) is 6.07 Å². The zero-order valence-corrected chi connectivity index (χ0v) is 5.92. The highest BCUT2D eigenvalue weighted by atomic mass is 16.4. The van der Waals surface area contributed by atoms with E-state index in [9.17, 15) is 4.79 Å². The number of nitrogens with zero attached hydrogens (tertiary/aromatic N) is 1. The van der Waals surface area contributed by atoms with Gasteiger partial charge in [0.2, 0.25) is 0 Å². The molecule has 0 bridgehead atoms. The Bertz CT molecular complexity index is 439. The number of hydrogen-bond donors (Lipinski definition) is 0. The summed E-state index contributed by atoms with van der Waals surface area (Å²) in [5.41, 5.74) is 1.20. The molecule has 0 atom stereocenters. The number of rotatable bonds is 0. The van der Waals surface area contributed by atoms with E-state index in [4.69, 9.17) is 4.42 Å². The summed E-state index contributed by atoms with van der Waals surface area (Å²) < 4.78 is 6.25. The number of fused-ring (bicyclic) bond motifs is 1. The molecule has 0 aliphatic carbocycles. The molecule has 0 saturated heterocycles. The molecule has 0 aliphatic rings. The van der Waals surface area contributed by atoms with Gasteiger partial charge in [0.25, 0.3) is 0 Å². The molecule has 2 aromatic rings. The summed E-state index contributed by atoms with van der Waals surface area (Å²) in [6.07, 6.45) is 0. The average Bonchev–Trinajstić information content (AvgIpc) is 2.30. The monoisotopic (exact) mass is 147 g/mol. The molecule has 54 valence electrons. The van der Waals surface area contributed by atoms with Crippen LogP contribution in [0.2, 0.25) is 0 Å². The van der Waals surface area contributed by atoms with E-state index in [-0.39, 0.29) is 5.76 Å². The summed E-state index contributed by atoms with van der Waals surface area (Å²) in [7, 11) is 1.64. The van der Waals surface area contributed by atoms with Crippen molar-refractivity contribution in [1.82, 2.24) is 4.57 Å². The van der Waals surface area contributed by atoms with Gasteiger partial charge in [0.1, 0.15) is 5.52 Å². The maximum absolute atomic E-state index is 10.9. The highest BCUT2D eigenvalue weighted by molar-refractivity contribution is 5.70. The lowest BCUT2D eigenvalue weighted by Crippen LogP contribution is -2.07. The first kappa shape index (κ1) is 6.05. The third kappa shape index (κ3) is 0.729. The minimum atomic E-state index is -0.365. The Hall–Kier alpha value is -1.69. The van der Waals surface area contributed by atoms with Crippen LogP contribution in [0.4, 0.5) is 0 Å². The van der Waals surface area contributed by atoms with Crippen LogP contribution in [0.1, 0.15) is 0 Å². The van der Waals surface area contributed by atoms with Crippen LogP contribution in [0.25, 0.3) is 11.1 Å². The van der Waals surface area contributed by atoms with Gasteiger partial charge in [-0.05, 0) is 18.2 Å². The van der Waals surface area contributed by atoms with Crippen LogP contribution in [0, 0.1) is 12.1 Å². The predicted octanol–water partition coefficient (Wildman–Crippen LogP) is 0.732. The first-order valence-corrected chi connectivity index (χ1v) is 3.17. The lowest BCUT2D eigenvalue weighted by atomic mass is 10.4. The summed E-state index contributed by atoms with van der Waals surface area (Å²) in [6.45, 7) is 0. The third-order valence-corrected chi connectivity index (χ3v) is 1.55. The van der Waals surface area contributed by atoms with Crippen molar-refractivity contribution in [2.24, 2.45) is 7.05 Å². The second-order valence-electron chi connectivity index (χ2n) is 2.24.